The summed E-state index contributed by atoms with van der Waals surface area (Å²) in [5, 5.41) is 2.56. The predicted octanol–water partition coefficient (Wildman–Crippen LogP) is 14.5. The second kappa shape index (κ2) is 15.3. The van der Waals surface area contributed by atoms with Gasteiger partial charge in [0.2, 0.25) is 0 Å². The smallest absolute Gasteiger partial charge is 0.0622 e. The Morgan fingerprint density at radius 1 is 0.241 bits per heavy atom. The molecule has 0 bridgehead atoms. The van der Waals surface area contributed by atoms with E-state index in [0.717, 1.165) is 0 Å². The van der Waals surface area contributed by atoms with Crippen molar-refractivity contribution in [2.45, 2.75) is 38.5 Å². The molecule has 1 atom stereocenters. The summed E-state index contributed by atoms with van der Waals surface area (Å²) in [6.07, 6.45) is 0. The maximum Gasteiger partial charge on any atom is 0.0707 e. The Bertz CT molecular complexity index is 2750. The second-order valence-corrected chi connectivity index (χ2v) is 16.0. The fourth-order valence-electron chi connectivity index (χ4n) is 9.37. The van der Waals surface area contributed by atoms with Crippen LogP contribution in [0.2, 0.25) is 0 Å². The Labute approximate surface area is 344 Å². The van der Waals surface area contributed by atoms with E-state index >= 15 is 0 Å². The summed E-state index contributed by atoms with van der Waals surface area (Å²) in [4.78, 5) is 0. The Kier molecular flexibility index (Phi) is 9.72. The van der Waals surface area contributed by atoms with Crippen molar-refractivity contribution in [3.8, 4) is 11.1 Å². The number of fused-ring (bicyclic) bond motifs is 1. The van der Waals surface area contributed by atoms with Crippen LogP contribution in [0.1, 0.15) is 66.8 Å². The van der Waals surface area contributed by atoms with Crippen LogP contribution in [0.25, 0.3) is 21.9 Å². The van der Waals surface area contributed by atoms with Crippen LogP contribution in [-0.2, 0) is 10.8 Å². The average Bonchev–Trinajstić information content (AvgIpc) is 3.27. The molecule has 0 aliphatic carbocycles. The van der Waals surface area contributed by atoms with E-state index in [1.165, 1.54) is 88.7 Å². The molecular formula is C58H48. The largest absolute Gasteiger partial charge is 0.0707 e. The van der Waals surface area contributed by atoms with Crippen LogP contribution in [0.3, 0.4) is 0 Å². The molecule has 0 spiro atoms. The molecule has 1 unspecified atom stereocenters. The van der Waals surface area contributed by atoms with E-state index in [2.05, 4.69) is 246 Å². The molecule has 0 aliphatic rings. The molecule has 0 heteroatoms. The summed E-state index contributed by atoms with van der Waals surface area (Å²) in [7, 11) is 0. The van der Waals surface area contributed by atoms with Crippen molar-refractivity contribution in [3.63, 3.8) is 0 Å². The van der Waals surface area contributed by atoms with Gasteiger partial charge < -0.3 is 0 Å². The lowest BCUT2D eigenvalue weighted by Crippen LogP contribution is -2.31. The SMILES string of the molecule is Cc1ccc(C(c2ccccc2)(c2ccc(C)cc2)c2ccc(-c3ccc(C(c4ccccc4)(c4ccc(C)cc4)c4cccc5c(C)cccc45)cc3)cc2)cc1. The molecule has 58 heavy (non-hydrogen) atoms. The van der Waals surface area contributed by atoms with Crippen molar-refractivity contribution in [1.29, 1.82) is 0 Å². The molecule has 280 valence electrons. The zero-order valence-corrected chi connectivity index (χ0v) is 33.8. The number of rotatable bonds is 9. The van der Waals surface area contributed by atoms with E-state index in [0.29, 0.717) is 0 Å². The van der Waals surface area contributed by atoms with Crippen LogP contribution >= 0.6 is 0 Å². The van der Waals surface area contributed by atoms with Crippen LogP contribution in [0.15, 0.2) is 218 Å². The molecule has 0 radical (unpaired) electrons. The van der Waals surface area contributed by atoms with Gasteiger partial charge >= 0.3 is 0 Å². The monoisotopic (exact) mass is 744 g/mol. The highest BCUT2D eigenvalue weighted by molar-refractivity contribution is 5.91. The van der Waals surface area contributed by atoms with Gasteiger partial charge in [0.25, 0.3) is 0 Å². The van der Waals surface area contributed by atoms with Gasteiger partial charge in [0.05, 0.1) is 10.8 Å². The summed E-state index contributed by atoms with van der Waals surface area (Å²) >= 11 is 0. The molecular weight excluding hydrogens is 697 g/mol. The molecule has 0 heterocycles. The zero-order chi connectivity index (χ0) is 39.7. The molecule has 0 saturated carbocycles. The van der Waals surface area contributed by atoms with Crippen molar-refractivity contribution in [1.82, 2.24) is 0 Å². The fraction of sp³-hybridized carbons (Fsp3) is 0.103. The van der Waals surface area contributed by atoms with Crippen LogP contribution in [0, 0.1) is 27.7 Å². The van der Waals surface area contributed by atoms with E-state index in [9.17, 15) is 0 Å². The predicted molar refractivity (Wildman–Crippen MR) is 245 cm³/mol. The molecule has 9 aromatic rings. The summed E-state index contributed by atoms with van der Waals surface area (Å²) in [6.45, 7) is 8.70. The summed E-state index contributed by atoms with van der Waals surface area (Å²) in [6, 6.07) is 81.5. The van der Waals surface area contributed by atoms with Gasteiger partial charge in [0, 0.05) is 0 Å². The van der Waals surface area contributed by atoms with Gasteiger partial charge in [-0.25, -0.2) is 0 Å². The van der Waals surface area contributed by atoms with Crippen molar-refractivity contribution in [3.05, 3.63) is 285 Å². The van der Waals surface area contributed by atoms with E-state index < -0.39 is 10.8 Å². The molecule has 0 saturated heterocycles. The molecule has 0 amide bonds. The van der Waals surface area contributed by atoms with Gasteiger partial charge in [0.15, 0.2) is 0 Å². The second-order valence-electron chi connectivity index (χ2n) is 16.0. The number of benzene rings is 9. The van der Waals surface area contributed by atoms with Gasteiger partial charge in [-0.2, -0.15) is 0 Å². The lowest BCUT2D eigenvalue weighted by molar-refractivity contribution is 0.744. The average molecular weight is 745 g/mol. The first kappa shape index (κ1) is 36.9. The molecule has 0 aliphatic heterocycles. The van der Waals surface area contributed by atoms with Crippen LogP contribution in [-0.4, -0.2) is 0 Å². The lowest BCUT2D eigenvalue weighted by Gasteiger charge is -2.38. The summed E-state index contributed by atoms with van der Waals surface area (Å²) in [5.41, 5.74) is 16.4. The van der Waals surface area contributed by atoms with Crippen molar-refractivity contribution < 1.29 is 0 Å². The van der Waals surface area contributed by atoms with Gasteiger partial charge in [-0.15, -0.1) is 0 Å². The minimum atomic E-state index is -0.554. The Morgan fingerprint density at radius 3 is 1.00 bits per heavy atom. The van der Waals surface area contributed by atoms with E-state index in [-0.39, 0.29) is 0 Å². The Hall–Kier alpha value is -6.76. The molecule has 9 rings (SSSR count). The minimum Gasteiger partial charge on any atom is -0.0622 e. The molecule has 0 fully saturated rings. The topological polar surface area (TPSA) is 0 Å². The van der Waals surface area contributed by atoms with Crippen molar-refractivity contribution in [2.24, 2.45) is 0 Å². The maximum absolute atomic E-state index is 2.36. The highest BCUT2D eigenvalue weighted by Gasteiger charge is 2.40. The number of aryl methyl sites for hydroxylation is 4. The van der Waals surface area contributed by atoms with E-state index in [1.807, 2.05) is 0 Å². The van der Waals surface area contributed by atoms with Crippen molar-refractivity contribution in [2.75, 3.05) is 0 Å². The first-order valence-corrected chi connectivity index (χ1v) is 20.4. The third-order valence-electron chi connectivity index (χ3n) is 12.4. The molecule has 0 N–H and O–H groups in total. The normalized spacial score (nSPS) is 12.6. The fourth-order valence-corrected chi connectivity index (χ4v) is 9.37. The number of hydrogen-bond donors (Lipinski definition) is 0. The number of hydrogen-bond acceptors (Lipinski definition) is 0. The highest BCUT2D eigenvalue weighted by atomic mass is 14.4. The summed E-state index contributed by atoms with van der Waals surface area (Å²) < 4.78 is 0. The summed E-state index contributed by atoms with van der Waals surface area (Å²) in [5.74, 6) is 0. The molecule has 0 aromatic heterocycles. The minimum absolute atomic E-state index is 0.495. The van der Waals surface area contributed by atoms with Crippen LogP contribution < -0.4 is 0 Å². The van der Waals surface area contributed by atoms with Gasteiger partial charge in [0.1, 0.15) is 0 Å². The standard InChI is InChI=1S/C58H48/c1-41-21-31-49(32-22-41)57(47-14-7-5-8-15-47,50-33-23-42(2)24-34-50)51-37-27-45(28-38-51)46-29-39-53(40-30-46)58(48-16-9-6-10-17-48,52-35-25-43(3)26-36-52)56-20-12-18-54-44(4)13-11-19-55(54)56/h5-40H,1-4H3. The molecule has 9 aromatic carbocycles. The van der Waals surface area contributed by atoms with Crippen LogP contribution in [0.5, 0.6) is 0 Å². The van der Waals surface area contributed by atoms with Gasteiger partial charge in [-0.3, -0.25) is 0 Å². The quantitative estimate of drug-likeness (QED) is 0.129. The van der Waals surface area contributed by atoms with Gasteiger partial charge in [-0.1, -0.05) is 235 Å². The van der Waals surface area contributed by atoms with Gasteiger partial charge in [-0.05, 0) is 99.7 Å². The van der Waals surface area contributed by atoms with E-state index in [4.69, 9.17) is 0 Å². The Morgan fingerprint density at radius 2 is 0.569 bits per heavy atom. The lowest BCUT2D eigenvalue weighted by atomic mass is 9.64. The maximum atomic E-state index is 2.36. The third-order valence-corrected chi connectivity index (χ3v) is 12.4. The first-order valence-electron chi connectivity index (χ1n) is 20.4. The highest BCUT2D eigenvalue weighted by Crippen LogP contribution is 2.49. The third kappa shape index (κ3) is 6.27. The van der Waals surface area contributed by atoms with E-state index in [1.54, 1.807) is 0 Å². The van der Waals surface area contributed by atoms with Crippen LogP contribution in [0.4, 0.5) is 0 Å². The first-order chi connectivity index (χ1) is 28.4. The van der Waals surface area contributed by atoms with Crippen molar-refractivity contribution >= 4 is 10.8 Å². The molecule has 0 nitrogen and oxygen atoms in total. The Balaban J connectivity index is 1.21. The zero-order valence-electron chi connectivity index (χ0n) is 33.8.